The fraction of sp³-hybridized carbons (Fsp3) is 0.667. The molecule has 0 aliphatic carbocycles. The van der Waals surface area contributed by atoms with Gasteiger partial charge >= 0.3 is 5.97 Å². The molecule has 2 N–H and O–H groups in total. The molecule has 0 spiro atoms. The number of hydrogen-bond donors (Lipinski definition) is 1. The van der Waals surface area contributed by atoms with Crippen molar-refractivity contribution in [2.24, 2.45) is 0 Å². The van der Waals surface area contributed by atoms with Crippen LogP contribution >= 0.6 is 0 Å². The van der Waals surface area contributed by atoms with E-state index in [4.69, 9.17) is 4.74 Å². The van der Waals surface area contributed by atoms with Crippen molar-refractivity contribution in [1.29, 1.82) is 0 Å². The highest BCUT2D eigenvalue weighted by Crippen LogP contribution is 1.82. The van der Waals surface area contributed by atoms with Gasteiger partial charge in [-0.15, -0.1) is 6.58 Å². The van der Waals surface area contributed by atoms with Gasteiger partial charge in [-0.1, -0.05) is 6.08 Å². The smallest absolute Gasteiger partial charge is 0.361 e. The molecule has 0 aromatic heterocycles. The molecule has 0 aliphatic rings. The van der Waals surface area contributed by atoms with Crippen molar-refractivity contribution < 1.29 is 27.3 Å². The number of unbranched alkanes of at least 4 members (excludes halogenated alkanes) is 1. The molecular formula is C9H18ClNO2. The van der Waals surface area contributed by atoms with E-state index in [0.717, 1.165) is 19.4 Å². The van der Waals surface area contributed by atoms with Gasteiger partial charge in [0.1, 0.15) is 0 Å². The van der Waals surface area contributed by atoms with Crippen LogP contribution in [0.2, 0.25) is 0 Å². The molecule has 0 heterocycles. The number of carbonyl (C=O) groups is 1. The minimum atomic E-state index is -0.129. The topological polar surface area (TPSA) is 42.9 Å². The maximum Gasteiger partial charge on any atom is 0.361 e. The fourth-order valence-corrected chi connectivity index (χ4v) is 0.846. The zero-order valence-corrected chi connectivity index (χ0v) is 8.85. The normalized spacial score (nSPS) is 8.69. The number of nitrogens with two attached hydrogens (primary N) is 1. The number of esters is 1. The van der Waals surface area contributed by atoms with Gasteiger partial charge in [0.25, 0.3) is 0 Å². The third-order valence-corrected chi connectivity index (χ3v) is 1.43. The largest absolute Gasteiger partial charge is 1.00 e. The summed E-state index contributed by atoms with van der Waals surface area (Å²) in [5, 5.41) is 1.96. The molecule has 78 valence electrons. The first kappa shape index (κ1) is 15.0. The monoisotopic (exact) mass is 207 g/mol. The van der Waals surface area contributed by atoms with Gasteiger partial charge in [0.15, 0.2) is 6.54 Å². The number of quaternary nitrogens is 1. The quantitative estimate of drug-likeness (QED) is 0.276. The van der Waals surface area contributed by atoms with Gasteiger partial charge < -0.3 is 22.5 Å². The Bertz CT molecular complexity index is 140. The molecule has 0 saturated carbocycles. The second-order valence-electron chi connectivity index (χ2n) is 2.52. The molecule has 13 heavy (non-hydrogen) atoms. The Hall–Kier alpha value is -0.540. The van der Waals surface area contributed by atoms with E-state index in [0.29, 0.717) is 13.2 Å². The average Bonchev–Trinajstić information content (AvgIpc) is 2.05. The van der Waals surface area contributed by atoms with Crippen LogP contribution in [0.15, 0.2) is 12.7 Å². The van der Waals surface area contributed by atoms with E-state index in [1.807, 2.05) is 18.3 Å². The van der Waals surface area contributed by atoms with Crippen LogP contribution < -0.4 is 17.7 Å². The maximum atomic E-state index is 10.8. The highest BCUT2D eigenvalue weighted by atomic mass is 35.5. The summed E-state index contributed by atoms with van der Waals surface area (Å²) in [6.45, 7) is 7.30. The predicted octanol–water partition coefficient (Wildman–Crippen LogP) is -2.92. The molecule has 0 rings (SSSR count). The minimum Gasteiger partial charge on any atom is -1.00 e. The fourth-order valence-electron chi connectivity index (χ4n) is 0.846. The van der Waals surface area contributed by atoms with E-state index in [9.17, 15) is 4.79 Å². The van der Waals surface area contributed by atoms with Crippen molar-refractivity contribution in [3.05, 3.63) is 12.7 Å². The van der Waals surface area contributed by atoms with E-state index < -0.39 is 0 Å². The van der Waals surface area contributed by atoms with Crippen LogP contribution in [0.1, 0.15) is 19.8 Å². The third kappa shape index (κ3) is 11.5. The average molecular weight is 208 g/mol. The number of carbonyl (C=O) groups excluding carboxylic acids is 1. The Morgan fingerprint density at radius 3 is 2.85 bits per heavy atom. The Balaban J connectivity index is 0. The van der Waals surface area contributed by atoms with Crippen LogP contribution in [0, 0.1) is 0 Å². The molecule has 0 aromatic rings. The van der Waals surface area contributed by atoms with Crippen molar-refractivity contribution >= 4 is 5.97 Å². The third-order valence-electron chi connectivity index (χ3n) is 1.43. The van der Waals surface area contributed by atoms with Gasteiger partial charge in [0, 0.05) is 0 Å². The second-order valence-corrected chi connectivity index (χ2v) is 2.52. The Morgan fingerprint density at radius 2 is 2.31 bits per heavy atom. The maximum absolute atomic E-state index is 10.8. The van der Waals surface area contributed by atoms with Gasteiger partial charge in [-0.2, -0.15) is 0 Å². The van der Waals surface area contributed by atoms with Crippen LogP contribution in [0.3, 0.4) is 0 Å². The summed E-state index contributed by atoms with van der Waals surface area (Å²) in [5.74, 6) is -0.129. The van der Waals surface area contributed by atoms with E-state index in [-0.39, 0.29) is 18.4 Å². The summed E-state index contributed by atoms with van der Waals surface area (Å²) in [6.07, 6.45) is 3.97. The lowest BCUT2D eigenvalue weighted by Crippen LogP contribution is -3.00. The first-order valence-corrected chi connectivity index (χ1v) is 4.39. The first-order chi connectivity index (χ1) is 5.81. The minimum absolute atomic E-state index is 0. The number of ether oxygens (including phenoxy) is 1. The summed E-state index contributed by atoms with van der Waals surface area (Å²) in [5.41, 5.74) is 0. The highest BCUT2D eigenvalue weighted by Gasteiger charge is 2.01. The summed E-state index contributed by atoms with van der Waals surface area (Å²) in [7, 11) is 0. The predicted molar refractivity (Wildman–Crippen MR) is 47.7 cm³/mol. The Morgan fingerprint density at radius 1 is 1.62 bits per heavy atom. The highest BCUT2D eigenvalue weighted by molar-refractivity contribution is 5.70. The van der Waals surface area contributed by atoms with Crippen molar-refractivity contribution in [3.8, 4) is 0 Å². The lowest BCUT2D eigenvalue weighted by Gasteiger charge is -2.00. The summed E-state index contributed by atoms with van der Waals surface area (Å²) < 4.78 is 4.76. The number of allylic oxidation sites excluding steroid dienone is 1. The second kappa shape index (κ2) is 11.5. The van der Waals surface area contributed by atoms with Crippen molar-refractivity contribution in [2.45, 2.75) is 19.8 Å². The standard InChI is InChI=1S/C9H17NO2.ClH/c1-3-5-6-7-10-8-9(11)12-4-2;/h3,10H,1,4-8H2,2H3;1H. The van der Waals surface area contributed by atoms with Gasteiger partial charge in [-0.05, 0) is 19.8 Å². The molecule has 0 atom stereocenters. The lowest BCUT2D eigenvalue weighted by molar-refractivity contribution is -0.645. The van der Waals surface area contributed by atoms with Gasteiger partial charge in [-0.3, -0.25) is 0 Å². The number of halogens is 1. The number of hydrogen-bond acceptors (Lipinski definition) is 2. The molecule has 4 heteroatoms. The van der Waals surface area contributed by atoms with Crippen LogP contribution in [-0.2, 0) is 9.53 Å². The van der Waals surface area contributed by atoms with Crippen molar-refractivity contribution in [1.82, 2.24) is 0 Å². The van der Waals surface area contributed by atoms with Crippen LogP contribution in [0.25, 0.3) is 0 Å². The van der Waals surface area contributed by atoms with E-state index in [1.54, 1.807) is 0 Å². The molecule has 0 fully saturated rings. The SMILES string of the molecule is C=CCCC[NH2+]CC(=O)OCC.[Cl-]. The molecule has 0 aromatic carbocycles. The van der Waals surface area contributed by atoms with Crippen LogP contribution in [0.5, 0.6) is 0 Å². The molecule has 0 bridgehead atoms. The van der Waals surface area contributed by atoms with E-state index >= 15 is 0 Å². The van der Waals surface area contributed by atoms with Gasteiger partial charge in [0.05, 0.1) is 13.2 Å². The Labute approximate surface area is 85.9 Å². The van der Waals surface area contributed by atoms with E-state index in [1.165, 1.54) is 0 Å². The molecule has 0 amide bonds. The lowest BCUT2D eigenvalue weighted by atomic mass is 10.3. The van der Waals surface area contributed by atoms with Crippen LogP contribution in [0.4, 0.5) is 0 Å². The van der Waals surface area contributed by atoms with Crippen molar-refractivity contribution in [2.75, 3.05) is 19.7 Å². The van der Waals surface area contributed by atoms with E-state index in [2.05, 4.69) is 6.58 Å². The molecule has 0 aliphatic heterocycles. The molecule has 0 radical (unpaired) electrons. The van der Waals surface area contributed by atoms with Crippen molar-refractivity contribution in [3.63, 3.8) is 0 Å². The summed E-state index contributed by atoms with van der Waals surface area (Å²) >= 11 is 0. The molecular weight excluding hydrogens is 190 g/mol. The molecule has 3 nitrogen and oxygen atoms in total. The first-order valence-electron chi connectivity index (χ1n) is 4.39. The van der Waals surface area contributed by atoms with Crippen LogP contribution in [-0.4, -0.2) is 25.7 Å². The zero-order valence-electron chi connectivity index (χ0n) is 8.09. The Kier molecular flexibility index (Phi) is 13.2. The zero-order chi connectivity index (χ0) is 9.23. The van der Waals surface area contributed by atoms with Gasteiger partial charge in [0.2, 0.25) is 0 Å². The molecule has 0 unspecified atom stereocenters. The number of rotatable bonds is 7. The summed E-state index contributed by atoms with van der Waals surface area (Å²) in [6, 6.07) is 0. The summed E-state index contributed by atoms with van der Waals surface area (Å²) in [4.78, 5) is 10.8. The molecule has 0 saturated heterocycles. The van der Waals surface area contributed by atoms with Gasteiger partial charge in [-0.25, -0.2) is 4.79 Å².